The van der Waals surface area contributed by atoms with Gasteiger partial charge in [0.05, 0.1) is 6.61 Å². The summed E-state index contributed by atoms with van der Waals surface area (Å²) in [7, 11) is 0. The monoisotopic (exact) mass is 1070 g/mol. The fourth-order valence-corrected chi connectivity index (χ4v) is 20.5. The normalized spacial score (nSPS) is 37.9. The molecule has 6 fully saturated rings. The van der Waals surface area contributed by atoms with Gasteiger partial charge in [0.25, 0.3) is 0 Å². The molecule has 0 heterocycles. The minimum atomic E-state index is 0. The molecule has 432 valence electrons. The number of hydrogen-bond acceptors (Lipinski definition) is 5. The second-order valence-electron chi connectivity index (χ2n) is 28.1. The molecule has 9 unspecified atom stereocenters. The molecule has 0 radical (unpaired) electrons. The lowest BCUT2D eigenvalue weighted by molar-refractivity contribution is -0.00423. The van der Waals surface area contributed by atoms with Crippen molar-refractivity contribution in [3.63, 3.8) is 0 Å². The third-order valence-electron chi connectivity index (χ3n) is 24.1. The molecule has 17 atom stereocenters. The number of phenolic OH excluding ortho intramolecular Hbond substituents is 2. The van der Waals surface area contributed by atoms with Crippen LogP contribution in [0.5, 0.6) is 11.5 Å². The predicted molar refractivity (Wildman–Crippen MR) is 325 cm³/mol. The van der Waals surface area contributed by atoms with Crippen LogP contribution in [0.4, 0.5) is 0 Å². The zero-order valence-electron chi connectivity index (χ0n) is 49.9. The summed E-state index contributed by atoms with van der Waals surface area (Å²) in [6.07, 6.45) is 28.3. The van der Waals surface area contributed by atoms with E-state index < -0.39 is 0 Å². The van der Waals surface area contributed by atoms with Crippen LogP contribution in [0, 0.1) is 81.3 Å². The Bertz CT molecular complexity index is 2350. The Morgan fingerprint density at radius 2 is 0.949 bits per heavy atom. The molecule has 3 aromatic rings. The first kappa shape index (κ1) is 59.5. The number of fused-ring (bicyclic) bond motifs is 15. The van der Waals surface area contributed by atoms with E-state index in [-0.39, 0.29) is 7.43 Å². The molecule has 5 heteroatoms. The summed E-state index contributed by atoms with van der Waals surface area (Å²) in [5.74, 6) is 12.2. The van der Waals surface area contributed by atoms with E-state index in [4.69, 9.17) is 14.2 Å². The molecule has 0 aromatic heterocycles. The lowest BCUT2D eigenvalue weighted by atomic mass is 9.51. The van der Waals surface area contributed by atoms with E-state index in [0.717, 1.165) is 143 Å². The van der Waals surface area contributed by atoms with E-state index >= 15 is 0 Å². The Labute approximate surface area is 476 Å². The smallest absolute Gasteiger partial charge is 0.115 e. The lowest BCUT2D eigenvalue weighted by Gasteiger charge is -2.53. The van der Waals surface area contributed by atoms with Gasteiger partial charge in [-0.05, 0) is 285 Å². The maximum atomic E-state index is 9.91. The quantitative estimate of drug-likeness (QED) is 0.124. The van der Waals surface area contributed by atoms with Crippen LogP contribution in [-0.2, 0) is 33.5 Å². The van der Waals surface area contributed by atoms with Gasteiger partial charge in [-0.1, -0.05) is 118 Å². The average Bonchev–Trinajstić information content (AvgIpc) is 4.11. The summed E-state index contributed by atoms with van der Waals surface area (Å²) in [4.78, 5) is 0. The van der Waals surface area contributed by atoms with Crippen LogP contribution in [0.2, 0.25) is 0 Å². The topological polar surface area (TPSA) is 68.2 Å². The molecule has 9 aliphatic carbocycles. The molecule has 0 aliphatic heterocycles. The number of benzene rings is 3. The summed E-state index contributed by atoms with van der Waals surface area (Å²) < 4.78 is 17.4. The molecule has 6 saturated carbocycles. The van der Waals surface area contributed by atoms with Crippen LogP contribution in [0.15, 0.2) is 72.3 Å². The second-order valence-corrected chi connectivity index (χ2v) is 28.1. The van der Waals surface area contributed by atoms with Gasteiger partial charge in [-0.15, -0.1) is 0 Å². The van der Waals surface area contributed by atoms with Gasteiger partial charge in [-0.2, -0.15) is 0 Å². The molecule has 2 N–H and O–H groups in total. The van der Waals surface area contributed by atoms with E-state index in [1.165, 1.54) is 107 Å². The van der Waals surface area contributed by atoms with Crippen LogP contribution in [0.1, 0.15) is 230 Å². The number of ether oxygens (including phenoxy) is 3. The molecule has 78 heavy (non-hydrogen) atoms. The lowest BCUT2D eigenvalue weighted by Crippen LogP contribution is -2.45. The molecule has 5 nitrogen and oxygen atoms in total. The van der Waals surface area contributed by atoms with Gasteiger partial charge in [-0.3, -0.25) is 0 Å². The largest absolute Gasteiger partial charge is 0.508 e. The minimum Gasteiger partial charge on any atom is -0.508 e. The van der Waals surface area contributed by atoms with Crippen molar-refractivity contribution in [2.45, 2.75) is 216 Å². The maximum Gasteiger partial charge on any atom is 0.115 e. The van der Waals surface area contributed by atoms with Gasteiger partial charge in [0.15, 0.2) is 0 Å². The summed E-state index contributed by atoms with van der Waals surface area (Å²) in [5, 5.41) is 19.8. The number of allylic oxidation sites excluding steroid dienone is 1. The van der Waals surface area contributed by atoms with E-state index in [1.54, 1.807) is 27.8 Å². The summed E-state index contributed by atoms with van der Waals surface area (Å²) >= 11 is 0. The van der Waals surface area contributed by atoms with E-state index in [0.29, 0.717) is 39.6 Å². The van der Waals surface area contributed by atoms with Crippen molar-refractivity contribution in [3.8, 4) is 11.5 Å². The van der Waals surface area contributed by atoms with E-state index in [9.17, 15) is 10.2 Å². The first-order valence-corrected chi connectivity index (χ1v) is 32.4. The van der Waals surface area contributed by atoms with E-state index in [2.05, 4.69) is 105 Å². The number of hydrogen-bond donors (Lipinski definition) is 2. The molecule has 3 aromatic carbocycles. The van der Waals surface area contributed by atoms with Crippen molar-refractivity contribution < 1.29 is 24.4 Å². The third kappa shape index (κ3) is 11.5. The van der Waals surface area contributed by atoms with E-state index in [1.807, 2.05) is 24.3 Å². The van der Waals surface area contributed by atoms with Crippen molar-refractivity contribution >= 4 is 0 Å². The number of phenols is 2. The molecule has 0 spiro atoms. The van der Waals surface area contributed by atoms with Crippen LogP contribution in [0.3, 0.4) is 0 Å². The van der Waals surface area contributed by atoms with Crippen LogP contribution >= 0.6 is 0 Å². The number of aromatic hydroxyl groups is 2. The summed E-state index contributed by atoms with van der Waals surface area (Å²) in [5.41, 5.74) is 12.4. The van der Waals surface area contributed by atoms with Crippen molar-refractivity contribution in [2.24, 2.45) is 81.3 Å². The van der Waals surface area contributed by atoms with Gasteiger partial charge in [0.1, 0.15) is 11.5 Å². The zero-order valence-corrected chi connectivity index (χ0v) is 49.9. The van der Waals surface area contributed by atoms with Crippen molar-refractivity contribution in [3.05, 3.63) is 106 Å². The predicted octanol–water partition coefficient (Wildman–Crippen LogP) is 18.6. The van der Waals surface area contributed by atoms with Crippen LogP contribution < -0.4 is 0 Å². The Hall–Kier alpha value is -3.12. The highest BCUT2D eigenvalue weighted by Crippen LogP contribution is 2.67. The molecular formula is C73H110O5. The van der Waals surface area contributed by atoms with Crippen LogP contribution in [-0.4, -0.2) is 49.9 Å². The summed E-state index contributed by atoms with van der Waals surface area (Å²) in [6, 6.07) is 21.6. The zero-order chi connectivity index (χ0) is 54.1. The Balaban J connectivity index is 0.000000141. The molecule has 0 bridgehead atoms. The van der Waals surface area contributed by atoms with Gasteiger partial charge >= 0.3 is 0 Å². The molecule has 12 rings (SSSR count). The first-order valence-electron chi connectivity index (χ1n) is 32.4. The molecule has 9 aliphatic rings. The van der Waals surface area contributed by atoms with Crippen molar-refractivity contribution in [1.82, 2.24) is 0 Å². The van der Waals surface area contributed by atoms with Crippen LogP contribution in [0.25, 0.3) is 0 Å². The van der Waals surface area contributed by atoms with Gasteiger partial charge < -0.3 is 24.4 Å². The highest BCUT2D eigenvalue weighted by Gasteiger charge is 2.58. The molecule has 0 saturated heterocycles. The van der Waals surface area contributed by atoms with Gasteiger partial charge in [0, 0.05) is 33.0 Å². The number of rotatable bonds is 14. The highest BCUT2D eigenvalue weighted by molar-refractivity contribution is 5.42. The highest BCUT2D eigenvalue weighted by atomic mass is 16.5. The molecule has 0 amide bonds. The minimum absolute atomic E-state index is 0. The standard InChI is InChI=1S/2C24H36O2.C24H34O.CH4/c2*1-4-12-26-13-10-18-5-8-22-23-16(2)14-17-15-19(25)6-7-20(17)21(23)9-11-24(18,22)3;1-4-14-25-15-12-19-9-10-22-23-17(2)16-18-7-5-6-8-20(18)21(23)11-13-24(19,22)3;/h2*6-7,15-16,18,21-23,25H,4-5,8-14H2,1-3H3;5-8,12,17,21-23H,4,9-11,13-16H2,1-3H3;1H4/b;;19-12+;/t2*16-,18-,21?,22?,23?,24-;17-,21?,22?,23?,24-;/m111./s1. The molecular weight excluding hydrogens is 957 g/mol. The fraction of sp³-hybridized carbons (Fsp3) is 0.726. The Morgan fingerprint density at radius 3 is 1.46 bits per heavy atom. The fourth-order valence-electron chi connectivity index (χ4n) is 20.5. The third-order valence-corrected chi connectivity index (χ3v) is 24.1. The van der Waals surface area contributed by atoms with Gasteiger partial charge in [0.2, 0.25) is 0 Å². The average molecular weight is 1070 g/mol. The summed E-state index contributed by atoms with van der Waals surface area (Å²) in [6.45, 7) is 27.2. The van der Waals surface area contributed by atoms with Gasteiger partial charge in [-0.25, -0.2) is 0 Å². The first-order chi connectivity index (χ1) is 37.2. The van der Waals surface area contributed by atoms with Crippen molar-refractivity contribution in [2.75, 3.05) is 39.6 Å². The Morgan fingerprint density at radius 1 is 0.500 bits per heavy atom. The Kier molecular flexibility index (Phi) is 19.5. The van der Waals surface area contributed by atoms with Crippen molar-refractivity contribution in [1.29, 1.82) is 0 Å². The maximum absolute atomic E-state index is 9.91. The SMILES string of the molecule is C.CCCOC/C=C1\CCC2C3C(CC[C@]12C)c1ccccc1C[C@H]3C.CCCOCC[C@H]1CCC2C3C(CC[C@@]21C)c1ccc(O)cc1C[C@H]3C.CCCOCC[C@H]1CCC2C3C(CC[C@@]21C)c1ccc(O)cc1C[C@H]3C. The second kappa shape index (κ2) is 25.6.